The third-order valence-electron chi connectivity index (χ3n) is 13.9. The fourth-order valence-corrected chi connectivity index (χ4v) is 10.7. The molecule has 1 aliphatic rings. The normalized spacial score (nSPS) is 13.7. The van der Waals surface area contributed by atoms with E-state index in [1.165, 1.54) is 44.1 Å². The molecule has 6 aromatic carbocycles. The Morgan fingerprint density at radius 1 is 0.420 bits per heavy atom. The molecule has 13 rings (SSSR count). The van der Waals surface area contributed by atoms with Crippen molar-refractivity contribution >= 4 is 60.9 Å². The summed E-state index contributed by atoms with van der Waals surface area (Å²) in [5, 5.41) is 3.64. The van der Waals surface area contributed by atoms with Gasteiger partial charge in [-0.15, -0.1) is 0 Å². The third-order valence-corrected chi connectivity index (χ3v) is 13.9. The topological polar surface area (TPSA) is 79.2 Å². The van der Waals surface area contributed by atoms with E-state index in [1.54, 1.807) is 0 Å². The van der Waals surface area contributed by atoms with E-state index < -0.39 is 0 Å². The summed E-state index contributed by atoms with van der Waals surface area (Å²) in [6, 6.07) is 54.3. The summed E-state index contributed by atoms with van der Waals surface area (Å²) in [5.74, 6) is 2.18. The SMILES string of the molecule is Cc1ccc2c(c1)c1c(n2-c2cc(-c3nc(-c4ccccc4)nc(-c4ccccc4)n3)cc(-n3c4ccc(C)cc4c4cc(C)ccc43)c2-n2c3ccc(C)nc3c3nc(C)ccc32)C=CC(C)C1. The molecule has 0 bridgehead atoms. The Kier molecular flexibility index (Phi) is 9.18. The average molecular weight is 893 g/mol. The molecule has 0 saturated heterocycles. The van der Waals surface area contributed by atoms with Crippen LogP contribution in [-0.2, 0) is 6.42 Å². The van der Waals surface area contributed by atoms with E-state index in [9.17, 15) is 0 Å². The molecule has 1 unspecified atom stereocenters. The van der Waals surface area contributed by atoms with Crippen LogP contribution in [0.1, 0.15) is 46.3 Å². The van der Waals surface area contributed by atoms with Gasteiger partial charge in [-0.2, -0.15) is 0 Å². The Morgan fingerprint density at radius 3 is 1.39 bits per heavy atom. The van der Waals surface area contributed by atoms with Crippen LogP contribution in [0.3, 0.4) is 0 Å². The van der Waals surface area contributed by atoms with Gasteiger partial charge in [-0.25, -0.2) is 24.9 Å². The van der Waals surface area contributed by atoms with Gasteiger partial charge in [0.1, 0.15) is 11.0 Å². The zero-order valence-corrected chi connectivity index (χ0v) is 39.5. The largest absolute Gasteiger partial charge is 0.307 e. The molecule has 332 valence electrons. The summed E-state index contributed by atoms with van der Waals surface area (Å²) in [6.45, 7) is 13.0. The highest BCUT2D eigenvalue weighted by Crippen LogP contribution is 2.45. The molecule has 0 N–H and O–H groups in total. The van der Waals surface area contributed by atoms with Gasteiger partial charge in [0.15, 0.2) is 17.5 Å². The van der Waals surface area contributed by atoms with Gasteiger partial charge in [0.05, 0.1) is 44.6 Å². The van der Waals surface area contributed by atoms with Gasteiger partial charge >= 0.3 is 0 Å². The summed E-state index contributed by atoms with van der Waals surface area (Å²) in [6.07, 6.45) is 5.63. The molecule has 0 spiro atoms. The number of hydrogen-bond acceptors (Lipinski definition) is 5. The second kappa shape index (κ2) is 15.5. The molecule has 8 heteroatoms. The summed E-state index contributed by atoms with van der Waals surface area (Å²) in [5.41, 5.74) is 20.7. The van der Waals surface area contributed by atoms with E-state index in [1.807, 2.05) is 36.4 Å². The van der Waals surface area contributed by atoms with Crippen molar-refractivity contribution in [3.8, 4) is 51.2 Å². The monoisotopic (exact) mass is 892 g/mol. The minimum absolute atomic E-state index is 0.391. The zero-order valence-electron chi connectivity index (χ0n) is 39.5. The number of aromatic nitrogens is 8. The number of rotatable bonds is 6. The van der Waals surface area contributed by atoms with E-state index in [0.29, 0.717) is 23.4 Å². The first-order valence-corrected chi connectivity index (χ1v) is 23.8. The molecule has 6 heterocycles. The molecule has 0 fully saturated rings. The van der Waals surface area contributed by atoms with Crippen LogP contribution in [0.4, 0.5) is 0 Å². The minimum Gasteiger partial charge on any atom is -0.307 e. The summed E-state index contributed by atoms with van der Waals surface area (Å²) in [7, 11) is 0. The first-order valence-electron chi connectivity index (χ1n) is 23.8. The van der Waals surface area contributed by atoms with E-state index in [0.717, 1.165) is 90.2 Å². The number of benzene rings is 6. The van der Waals surface area contributed by atoms with E-state index in [4.69, 9.17) is 24.9 Å². The quantitative estimate of drug-likeness (QED) is 0.166. The Bertz CT molecular complexity index is 3940. The van der Waals surface area contributed by atoms with Crippen molar-refractivity contribution in [2.75, 3.05) is 0 Å². The molecule has 69 heavy (non-hydrogen) atoms. The molecule has 0 amide bonds. The lowest BCUT2D eigenvalue weighted by Gasteiger charge is -2.24. The van der Waals surface area contributed by atoms with Crippen LogP contribution in [0.25, 0.3) is 112 Å². The summed E-state index contributed by atoms with van der Waals surface area (Å²) >= 11 is 0. The van der Waals surface area contributed by atoms with Gasteiger partial charge in [-0.1, -0.05) is 109 Å². The van der Waals surface area contributed by atoms with Crippen molar-refractivity contribution < 1.29 is 0 Å². The second-order valence-electron chi connectivity index (χ2n) is 19.0. The maximum atomic E-state index is 5.39. The molecule has 0 radical (unpaired) electrons. The Labute approximate surface area is 399 Å². The standard InChI is InChI=1S/C61H48N8/c1-35-17-23-48-44(29-35)45-30-36(2)18-24-49(45)67(48)54-33-43(61-65-59(41-13-9-7-10-14-41)64-60(66-61)42-15-11-8-12-16-42)34-55(68-50-25-19-37(3)31-46(50)47-32-38(4)20-26-51(47)68)58(54)69-52-27-21-39(5)62-56(52)57-53(69)28-22-40(6)63-57/h7-31,33-34,38H,32H2,1-6H3. The van der Waals surface area contributed by atoms with Crippen LogP contribution in [0.15, 0.2) is 158 Å². The number of pyridine rings is 2. The van der Waals surface area contributed by atoms with Crippen LogP contribution in [-0.4, -0.2) is 38.6 Å². The molecule has 1 aliphatic carbocycles. The Hall–Kier alpha value is -8.49. The number of fused-ring (bicyclic) bond motifs is 9. The van der Waals surface area contributed by atoms with Crippen molar-refractivity contribution in [3.63, 3.8) is 0 Å². The zero-order chi connectivity index (χ0) is 46.7. The summed E-state index contributed by atoms with van der Waals surface area (Å²) in [4.78, 5) is 26.4. The lowest BCUT2D eigenvalue weighted by molar-refractivity contribution is 0.717. The van der Waals surface area contributed by atoms with Gasteiger partial charge in [0.25, 0.3) is 0 Å². The van der Waals surface area contributed by atoms with E-state index in [2.05, 4.69) is 183 Å². The van der Waals surface area contributed by atoms with Crippen molar-refractivity contribution in [2.45, 2.75) is 48.0 Å². The predicted octanol–water partition coefficient (Wildman–Crippen LogP) is 14.5. The van der Waals surface area contributed by atoms with Gasteiger partial charge in [-0.05, 0) is 131 Å². The first-order chi connectivity index (χ1) is 33.6. The maximum Gasteiger partial charge on any atom is 0.164 e. The number of nitrogens with zero attached hydrogens (tertiary/aromatic N) is 8. The highest BCUT2D eigenvalue weighted by atomic mass is 15.1. The van der Waals surface area contributed by atoms with Crippen molar-refractivity contribution in [2.24, 2.45) is 5.92 Å². The van der Waals surface area contributed by atoms with Crippen LogP contribution < -0.4 is 0 Å². The van der Waals surface area contributed by atoms with Crippen LogP contribution >= 0.6 is 0 Å². The van der Waals surface area contributed by atoms with Gasteiger partial charge in [-0.3, -0.25) is 0 Å². The van der Waals surface area contributed by atoms with Gasteiger partial charge in [0, 0.05) is 49.9 Å². The predicted molar refractivity (Wildman–Crippen MR) is 283 cm³/mol. The maximum absolute atomic E-state index is 5.39. The summed E-state index contributed by atoms with van der Waals surface area (Å²) < 4.78 is 7.37. The highest BCUT2D eigenvalue weighted by molar-refractivity contribution is 6.11. The van der Waals surface area contributed by atoms with Crippen molar-refractivity contribution in [1.29, 1.82) is 0 Å². The van der Waals surface area contributed by atoms with Crippen LogP contribution in [0.2, 0.25) is 0 Å². The first kappa shape index (κ1) is 40.8. The Morgan fingerprint density at radius 2 is 0.870 bits per heavy atom. The fourth-order valence-electron chi connectivity index (χ4n) is 10.7. The number of aryl methyl sites for hydroxylation is 5. The fraction of sp³-hybridized carbons (Fsp3) is 0.131. The number of hydrogen-bond donors (Lipinski definition) is 0. The minimum atomic E-state index is 0.391. The lowest BCUT2D eigenvalue weighted by atomic mass is 9.93. The molecular weight excluding hydrogens is 845 g/mol. The molecular formula is C61H48N8. The smallest absolute Gasteiger partial charge is 0.164 e. The molecule has 6 aromatic heterocycles. The highest BCUT2D eigenvalue weighted by Gasteiger charge is 2.30. The van der Waals surface area contributed by atoms with E-state index in [-0.39, 0.29) is 0 Å². The van der Waals surface area contributed by atoms with Crippen LogP contribution in [0.5, 0.6) is 0 Å². The van der Waals surface area contributed by atoms with Gasteiger partial charge < -0.3 is 13.7 Å². The molecule has 12 aromatic rings. The van der Waals surface area contributed by atoms with Crippen molar-refractivity contribution in [1.82, 2.24) is 38.6 Å². The lowest BCUT2D eigenvalue weighted by Crippen LogP contribution is -2.12. The average Bonchev–Trinajstić information content (AvgIpc) is 3.97. The third kappa shape index (κ3) is 6.54. The second-order valence-corrected chi connectivity index (χ2v) is 19.0. The van der Waals surface area contributed by atoms with E-state index >= 15 is 0 Å². The van der Waals surface area contributed by atoms with Gasteiger partial charge in [0.2, 0.25) is 0 Å². The Balaban J connectivity index is 1.27. The molecule has 0 saturated carbocycles. The molecule has 1 atom stereocenters. The molecule has 8 nitrogen and oxygen atoms in total. The molecule has 0 aliphatic heterocycles. The van der Waals surface area contributed by atoms with Crippen molar-refractivity contribution in [3.05, 3.63) is 197 Å². The van der Waals surface area contributed by atoms with Crippen LogP contribution in [0, 0.1) is 40.5 Å². The number of allylic oxidation sites excluding steroid dienone is 1.